The Labute approximate surface area is 180 Å². The predicted molar refractivity (Wildman–Crippen MR) is 124 cm³/mol. The summed E-state index contributed by atoms with van der Waals surface area (Å²) in [4.78, 5) is 17.0. The second kappa shape index (κ2) is 9.29. The van der Waals surface area contributed by atoms with Crippen molar-refractivity contribution in [3.05, 3.63) is 72.3 Å². The highest BCUT2D eigenvalue weighted by Crippen LogP contribution is 2.23. The van der Waals surface area contributed by atoms with Gasteiger partial charge in [0.15, 0.2) is 0 Å². The van der Waals surface area contributed by atoms with Crippen molar-refractivity contribution in [2.24, 2.45) is 5.41 Å². The minimum atomic E-state index is -0.110. The first-order chi connectivity index (χ1) is 14.3. The van der Waals surface area contributed by atoms with Crippen LogP contribution in [0.25, 0.3) is 16.8 Å². The maximum absolute atomic E-state index is 12.8. The summed E-state index contributed by atoms with van der Waals surface area (Å²) in [6, 6.07) is 17.1. The molecule has 0 aliphatic carbocycles. The first-order valence-electron chi connectivity index (χ1n) is 10.8. The molecule has 1 N–H and O–H groups in total. The summed E-state index contributed by atoms with van der Waals surface area (Å²) in [6.45, 7) is 10.6. The molecule has 3 aromatic rings. The van der Waals surface area contributed by atoms with Gasteiger partial charge in [-0.05, 0) is 54.0 Å². The average Bonchev–Trinajstić information content (AvgIpc) is 3.22. The van der Waals surface area contributed by atoms with E-state index >= 15 is 0 Å². The van der Waals surface area contributed by atoms with Crippen molar-refractivity contribution < 1.29 is 4.79 Å². The molecule has 158 valence electrons. The highest BCUT2D eigenvalue weighted by molar-refractivity contribution is 5.93. The molecule has 2 aromatic carbocycles. The van der Waals surface area contributed by atoms with E-state index in [-0.39, 0.29) is 17.4 Å². The number of unbranched alkanes of at least 4 members (excludes halogenated alkanes) is 1. The molecule has 4 heteroatoms. The van der Waals surface area contributed by atoms with Crippen LogP contribution in [-0.2, 0) is 6.42 Å². The molecule has 0 aliphatic heterocycles. The molecule has 1 atom stereocenters. The van der Waals surface area contributed by atoms with Crippen molar-refractivity contribution in [2.45, 2.75) is 59.9 Å². The van der Waals surface area contributed by atoms with Crippen LogP contribution in [0.1, 0.15) is 63.5 Å². The quantitative estimate of drug-likeness (QED) is 0.522. The number of nitrogens with one attached hydrogen (secondary N) is 1. The summed E-state index contributed by atoms with van der Waals surface area (Å²) in [5.41, 5.74) is 5.20. The number of aromatic nitrogens is 2. The van der Waals surface area contributed by atoms with Crippen molar-refractivity contribution in [1.29, 1.82) is 0 Å². The lowest BCUT2D eigenvalue weighted by Gasteiger charge is -2.28. The summed E-state index contributed by atoms with van der Waals surface area (Å²) >= 11 is 0. The van der Waals surface area contributed by atoms with Crippen LogP contribution < -0.4 is 5.32 Å². The van der Waals surface area contributed by atoms with Crippen LogP contribution >= 0.6 is 0 Å². The van der Waals surface area contributed by atoms with Crippen LogP contribution in [0.4, 0.5) is 0 Å². The summed E-state index contributed by atoms with van der Waals surface area (Å²) in [7, 11) is 0. The third kappa shape index (κ3) is 5.18. The topological polar surface area (TPSA) is 46.9 Å². The van der Waals surface area contributed by atoms with Gasteiger partial charge in [-0.25, -0.2) is 4.98 Å². The van der Waals surface area contributed by atoms with Gasteiger partial charge in [0.25, 0.3) is 5.91 Å². The van der Waals surface area contributed by atoms with Crippen LogP contribution in [0, 0.1) is 5.41 Å². The number of benzene rings is 2. The fourth-order valence-electron chi connectivity index (χ4n) is 3.22. The van der Waals surface area contributed by atoms with Crippen molar-refractivity contribution in [3.8, 4) is 16.8 Å². The van der Waals surface area contributed by atoms with Crippen LogP contribution in [0.2, 0.25) is 0 Å². The summed E-state index contributed by atoms with van der Waals surface area (Å²) in [6.07, 6.45) is 6.88. The number of carbonyl (C=O) groups excluding carboxylic acids is 1. The Morgan fingerprint density at radius 3 is 2.20 bits per heavy atom. The largest absolute Gasteiger partial charge is 0.348 e. The fraction of sp³-hybridized carbons (Fsp3) is 0.385. The zero-order chi connectivity index (χ0) is 21.7. The molecule has 30 heavy (non-hydrogen) atoms. The van der Waals surface area contributed by atoms with Gasteiger partial charge in [-0.3, -0.25) is 9.36 Å². The number of imidazole rings is 1. The summed E-state index contributed by atoms with van der Waals surface area (Å²) < 4.78 is 1.84. The number of rotatable bonds is 7. The first kappa shape index (κ1) is 21.8. The number of aryl methyl sites for hydroxylation is 1. The van der Waals surface area contributed by atoms with E-state index in [9.17, 15) is 4.79 Å². The van der Waals surface area contributed by atoms with Crippen molar-refractivity contribution in [1.82, 2.24) is 14.9 Å². The standard InChI is InChI=1S/C26H33N3O/c1-6-7-8-20-9-11-21(12-10-20)22-13-15-23(16-14-22)29-18-27-17-24(29)25(30)28-19(2)26(3,4)5/h9-19H,6-8H2,1-5H3,(H,28,30)/t19-/m1/s1. The van der Waals surface area contributed by atoms with Crippen LogP contribution in [-0.4, -0.2) is 21.5 Å². The third-order valence-corrected chi connectivity index (χ3v) is 5.77. The van der Waals surface area contributed by atoms with E-state index < -0.39 is 0 Å². The Morgan fingerprint density at radius 2 is 1.63 bits per heavy atom. The lowest BCUT2D eigenvalue weighted by atomic mass is 9.88. The monoisotopic (exact) mass is 403 g/mol. The van der Waals surface area contributed by atoms with Gasteiger partial charge in [-0.1, -0.05) is 70.5 Å². The fourth-order valence-corrected chi connectivity index (χ4v) is 3.22. The van der Waals surface area contributed by atoms with Gasteiger partial charge < -0.3 is 5.32 Å². The van der Waals surface area contributed by atoms with Gasteiger partial charge in [0, 0.05) is 11.7 Å². The van der Waals surface area contributed by atoms with Gasteiger partial charge in [0.05, 0.1) is 12.5 Å². The average molecular weight is 404 g/mol. The van der Waals surface area contributed by atoms with E-state index in [2.05, 4.69) is 74.4 Å². The molecule has 0 unspecified atom stereocenters. The van der Waals surface area contributed by atoms with Gasteiger partial charge in [-0.2, -0.15) is 0 Å². The molecule has 1 heterocycles. The molecule has 0 aliphatic rings. The van der Waals surface area contributed by atoms with Crippen LogP contribution in [0.5, 0.6) is 0 Å². The minimum absolute atomic E-state index is 0.00571. The number of nitrogens with zero attached hydrogens (tertiary/aromatic N) is 2. The molecule has 0 saturated heterocycles. The Balaban J connectivity index is 1.76. The van der Waals surface area contributed by atoms with E-state index in [0.29, 0.717) is 5.69 Å². The normalized spacial score (nSPS) is 12.6. The molecule has 3 rings (SSSR count). The number of carbonyl (C=O) groups is 1. The van der Waals surface area contributed by atoms with Crippen LogP contribution in [0.3, 0.4) is 0 Å². The lowest BCUT2D eigenvalue weighted by Crippen LogP contribution is -2.41. The third-order valence-electron chi connectivity index (χ3n) is 5.77. The van der Waals surface area contributed by atoms with E-state index in [1.807, 2.05) is 23.6 Å². The molecule has 0 saturated carbocycles. The highest BCUT2D eigenvalue weighted by atomic mass is 16.2. The maximum atomic E-state index is 12.8. The van der Waals surface area contributed by atoms with E-state index in [4.69, 9.17) is 0 Å². The predicted octanol–water partition coefficient (Wildman–Crippen LogP) is 6.05. The summed E-state index contributed by atoms with van der Waals surface area (Å²) in [5.74, 6) is -0.110. The Kier molecular flexibility index (Phi) is 6.76. The number of hydrogen-bond donors (Lipinski definition) is 1. The Morgan fingerprint density at radius 1 is 1.03 bits per heavy atom. The molecule has 1 aromatic heterocycles. The molecule has 0 radical (unpaired) electrons. The second-order valence-corrected chi connectivity index (χ2v) is 9.06. The lowest BCUT2D eigenvalue weighted by molar-refractivity contribution is 0.0903. The van der Waals surface area contributed by atoms with E-state index in [0.717, 1.165) is 17.7 Å². The highest BCUT2D eigenvalue weighted by Gasteiger charge is 2.23. The first-order valence-corrected chi connectivity index (χ1v) is 10.8. The van der Waals surface area contributed by atoms with E-state index in [1.165, 1.54) is 24.0 Å². The second-order valence-electron chi connectivity index (χ2n) is 9.06. The molecule has 4 nitrogen and oxygen atoms in total. The van der Waals surface area contributed by atoms with Crippen molar-refractivity contribution >= 4 is 5.91 Å². The van der Waals surface area contributed by atoms with Crippen LogP contribution in [0.15, 0.2) is 61.1 Å². The minimum Gasteiger partial charge on any atom is -0.348 e. The smallest absolute Gasteiger partial charge is 0.270 e. The SMILES string of the molecule is CCCCc1ccc(-c2ccc(-n3cncc3C(=O)N[C@H](C)C(C)(C)C)cc2)cc1. The number of hydrogen-bond acceptors (Lipinski definition) is 2. The van der Waals surface area contributed by atoms with Crippen molar-refractivity contribution in [2.75, 3.05) is 0 Å². The van der Waals surface area contributed by atoms with Gasteiger partial charge in [-0.15, -0.1) is 0 Å². The van der Waals surface area contributed by atoms with Crippen molar-refractivity contribution in [3.63, 3.8) is 0 Å². The van der Waals surface area contributed by atoms with Gasteiger partial charge in [0.2, 0.25) is 0 Å². The zero-order valence-electron chi connectivity index (χ0n) is 18.8. The van der Waals surface area contributed by atoms with Gasteiger partial charge in [0.1, 0.15) is 5.69 Å². The van der Waals surface area contributed by atoms with Gasteiger partial charge >= 0.3 is 0 Å². The molecule has 0 spiro atoms. The molecular weight excluding hydrogens is 370 g/mol. The van der Waals surface area contributed by atoms with E-state index in [1.54, 1.807) is 12.5 Å². The summed E-state index contributed by atoms with van der Waals surface area (Å²) in [5, 5.41) is 3.09. The molecule has 1 amide bonds. The Hall–Kier alpha value is -2.88. The molecular formula is C26H33N3O. The molecule has 0 fully saturated rings. The zero-order valence-corrected chi connectivity index (χ0v) is 18.8. The maximum Gasteiger partial charge on any atom is 0.270 e. The number of amides is 1. The molecule has 0 bridgehead atoms. The Bertz CT molecular complexity index is 963.